The standard InChI is InChI=1S/C15H16Cl2O/c1-10-2-4-11(5-3-10)15(18)8-12-6-7-13(16)9-14(12)17/h4,6-7,9-10H,2-3,5,8H2,1H3. The minimum Gasteiger partial charge on any atom is -0.294 e. The van der Waals surface area contributed by atoms with Crippen molar-refractivity contribution in [1.82, 2.24) is 0 Å². The number of carbonyl (C=O) groups excluding carboxylic acids is 1. The van der Waals surface area contributed by atoms with E-state index >= 15 is 0 Å². The van der Waals surface area contributed by atoms with Crippen molar-refractivity contribution in [1.29, 1.82) is 0 Å². The summed E-state index contributed by atoms with van der Waals surface area (Å²) in [5.74, 6) is 0.881. The first kappa shape index (κ1) is 13.6. The highest BCUT2D eigenvalue weighted by atomic mass is 35.5. The first-order valence-corrected chi connectivity index (χ1v) is 6.98. The molecule has 0 radical (unpaired) electrons. The second-order valence-corrected chi connectivity index (χ2v) is 5.79. The van der Waals surface area contributed by atoms with Crippen LogP contribution in [0.1, 0.15) is 31.7 Å². The van der Waals surface area contributed by atoms with Gasteiger partial charge in [-0.1, -0.05) is 42.3 Å². The lowest BCUT2D eigenvalue weighted by atomic mass is 9.88. The number of hydrogen-bond donors (Lipinski definition) is 0. The molecule has 0 fully saturated rings. The average molecular weight is 283 g/mol. The zero-order valence-electron chi connectivity index (χ0n) is 10.4. The molecule has 96 valence electrons. The first-order chi connectivity index (χ1) is 8.56. The number of hydrogen-bond acceptors (Lipinski definition) is 1. The molecule has 0 N–H and O–H groups in total. The molecular weight excluding hydrogens is 267 g/mol. The lowest BCUT2D eigenvalue weighted by Gasteiger charge is -2.17. The molecule has 0 saturated heterocycles. The van der Waals surface area contributed by atoms with E-state index in [9.17, 15) is 4.79 Å². The number of halogens is 2. The maximum Gasteiger partial charge on any atom is 0.162 e. The Balaban J connectivity index is 2.07. The van der Waals surface area contributed by atoms with Crippen LogP contribution in [0.5, 0.6) is 0 Å². The monoisotopic (exact) mass is 282 g/mol. The van der Waals surface area contributed by atoms with Crippen molar-refractivity contribution in [2.24, 2.45) is 5.92 Å². The highest BCUT2D eigenvalue weighted by Crippen LogP contribution is 2.26. The third-order valence-electron chi connectivity index (χ3n) is 3.40. The van der Waals surface area contributed by atoms with Gasteiger partial charge in [0.1, 0.15) is 0 Å². The summed E-state index contributed by atoms with van der Waals surface area (Å²) < 4.78 is 0. The summed E-state index contributed by atoms with van der Waals surface area (Å²) in [6, 6.07) is 5.28. The Hall–Kier alpha value is -0.790. The van der Waals surface area contributed by atoms with Crippen LogP contribution in [0.3, 0.4) is 0 Å². The Morgan fingerprint density at radius 2 is 2.17 bits per heavy atom. The number of allylic oxidation sites excluding steroid dienone is 2. The van der Waals surface area contributed by atoms with E-state index in [1.807, 2.05) is 6.07 Å². The summed E-state index contributed by atoms with van der Waals surface area (Å²) in [4.78, 5) is 12.2. The first-order valence-electron chi connectivity index (χ1n) is 6.22. The van der Waals surface area contributed by atoms with Gasteiger partial charge in [-0.2, -0.15) is 0 Å². The van der Waals surface area contributed by atoms with E-state index in [1.54, 1.807) is 12.1 Å². The van der Waals surface area contributed by atoms with Crippen LogP contribution in [0.15, 0.2) is 29.8 Å². The largest absolute Gasteiger partial charge is 0.294 e. The molecule has 1 aromatic carbocycles. The fraction of sp³-hybridized carbons (Fsp3) is 0.400. The second-order valence-electron chi connectivity index (χ2n) is 4.94. The molecule has 0 bridgehead atoms. The summed E-state index contributed by atoms with van der Waals surface area (Å²) in [7, 11) is 0. The summed E-state index contributed by atoms with van der Waals surface area (Å²) in [5, 5.41) is 1.17. The van der Waals surface area contributed by atoms with Crippen molar-refractivity contribution in [3.8, 4) is 0 Å². The normalized spacial score (nSPS) is 19.5. The number of ketones is 1. The van der Waals surface area contributed by atoms with Gasteiger partial charge in [0.15, 0.2) is 5.78 Å². The summed E-state index contributed by atoms with van der Waals surface area (Å²) in [6.07, 6.45) is 5.46. The van der Waals surface area contributed by atoms with E-state index in [1.165, 1.54) is 0 Å². The number of benzene rings is 1. The summed E-state index contributed by atoms with van der Waals surface area (Å²) >= 11 is 11.9. The zero-order chi connectivity index (χ0) is 13.1. The Kier molecular flexibility index (Phi) is 4.47. The maximum atomic E-state index is 12.2. The second kappa shape index (κ2) is 5.90. The summed E-state index contributed by atoms with van der Waals surface area (Å²) in [6.45, 7) is 2.22. The van der Waals surface area contributed by atoms with E-state index in [-0.39, 0.29) is 5.78 Å². The van der Waals surface area contributed by atoms with Crippen molar-refractivity contribution in [2.45, 2.75) is 32.6 Å². The molecule has 1 aliphatic carbocycles. The third-order valence-corrected chi connectivity index (χ3v) is 3.98. The quantitative estimate of drug-likeness (QED) is 0.774. The van der Waals surface area contributed by atoms with Crippen LogP contribution in [0.25, 0.3) is 0 Å². The Morgan fingerprint density at radius 1 is 1.39 bits per heavy atom. The minimum atomic E-state index is 0.186. The van der Waals surface area contributed by atoms with Gasteiger partial charge >= 0.3 is 0 Å². The molecule has 0 heterocycles. The fourth-order valence-corrected chi connectivity index (χ4v) is 2.65. The maximum absolute atomic E-state index is 12.2. The highest BCUT2D eigenvalue weighted by Gasteiger charge is 2.17. The van der Waals surface area contributed by atoms with Crippen molar-refractivity contribution in [2.75, 3.05) is 0 Å². The number of Topliss-reactive ketones (excluding diaryl/α,β-unsaturated/α-hetero) is 1. The Labute approximate surface area is 118 Å². The zero-order valence-corrected chi connectivity index (χ0v) is 11.9. The van der Waals surface area contributed by atoms with E-state index in [0.29, 0.717) is 22.4 Å². The molecule has 0 saturated carbocycles. The van der Waals surface area contributed by atoms with Gasteiger partial charge in [-0.15, -0.1) is 0 Å². The fourth-order valence-electron chi connectivity index (χ4n) is 2.17. The molecule has 18 heavy (non-hydrogen) atoms. The van der Waals surface area contributed by atoms with Crippen molar-refractivity contribution >= 4 is 29.0 Å². The van der Waals surface area contributed by atoms with E-state index in [2.05, 4.69) is 13.0 Å². The lowest BCUT2D eigenvalue weighted by molar-refractivity contribution is -0.115. The molecule has 0 aromatic heterocycles. The van der Waals surface area contributed by atoms with Gasteiger partial charge in [-0.3, -0.25) is 4.79 Å². The molecule has 1 aliphatic rings. The van der Waals surface area contributed by atoms with Gasteiger partial charge in [0.05, 0.1) is 0 Å². The van der Waals surface area contributed by atoms with E-state index in [4.69, 9.17) is 23.2 Å². The third kappa shape index (κ3) is 3.37. The van der Waals surface area contributed by atoms with E-state index in [0.717, 1.165) is 30.4 Å². The SMILES string of the molecule is CC1CC=C(C(=O)Cc2ccc(Cl)cc2Cl)CC1. The smallest absolute Gasteiger partial charge is 0.162 e. The molecule has 0 aliphatic heterocycles. The summed E-state index contributed by atoms with van der Waals surface area (Å²) in [5.41, 5.74) is 1.81. The molecule has 1 aromatic rings. The number of rotatable bonds is 3. The van der Waals surface area contributed by atoms with Crippen LogP contribution in [-0.4, -0.2) is 5.78 Å². The topological polar surface area (TPSA) is 17.1 Å². The lowest BCUT2D eigenvalue weighted by Crippen LogP contribution is -2.12. The molecule has 1 nitrogen and oxygen atoms in total. The molecule has 2 rings (SSSR count). The van der Waals surface area contributed by atoms with E-state index < -0.39 is 0 Å². The van der Waals surface area contributed by atoms with Crippen LogP contribution in [0.2, 0.25) is 10.0 Å². The van der Waals surface area contributed by atoms with Gasteiger partial charge in [-0.25, -0.2) is 0 Å². The highest BCUT2D eigenvalue weighted by molar-refractivity contribution is 6.35. The van der Waals surface area contributed by atoms with Crippen molar-refractivity contribution < 1.29 is 4.79 Å². The van der Waals surface area contributed by atoms with Crippen LogP contribution >= 0.6 is 23.2 Å². The van der Waals surface area contributed by atoms with Crippen LogP contribution < -0.4 is 0 Å². The van der Waals surface area contributed by atoms with Gasteiger partial charge < -0.3 is 0 Å². The minimum absolute atomic E-state index is 0.186. The average Bonchev–Trinajstić information content (AvgIpc) is 2.33. The van der Waals surface area contributed by atoms with Gasteiger partial charge in [0.2, 0.25) is 0 Å². The molecule has 1 atom stereocenters. The number of carbonyl (C=O) groups is 1. The van der Waals surface area contributed by atoms with Crippen molar-refractivity contribution in [3.63, 3.8) is 0 Å². The van der Waals surface area contributed by atoms with Gasteiger partial charge in [0, 0.05) is 16.5 Å². The molecular formula is C15H16Cl2O. The molecule has 0 spiro atoms. The van der Waals surface area contributed by atoms with Gasteiger partial charge in [0.25, 0.3) is 0 Å². The molecule has 1 unspecified atom stereocenters. The van der Waals surface area contributed by atoms with Gasteiger partial charge in [-0.05, 0) is 48.4 Å². The van der Waals surface area contributed by atoms with Crippen LogP contribution in [0, 0.1) is 5.92 Å². The molecule has 3 heteroatoms. The van der Waals surface area contributed by atoms with Crippen LogP contribution in [-0.2, 0) is 11.2 Å². The molecule has 0 amide bonds. The van der Waals surface area contributed by atoms with Crippen LogP contribution in [0.4, 0.5) is 0 Å². The van der Waals surface area contributed by atoms with Crippen molar-refractivity contribution in [3.05, 3.63) is 45.5 Å². The Bertz CT molecular complexity index is 491. The predicted octanol–water partition coefficient (Wildman–Crippen LogP) is 4.85. The Morgan fingerprint density at radius 3 is 2.78 bits per heavy atom. The predicted molar refractivity (Wildman–Crippen MR) is 76.3 cm³/mol.